The highest BCUT2D eigenvalue weighted by atomic mass is 16.1. The number of rotatable bonds is 3. The minimum absolute atomic E-state index is 0.0635. The van der Waals surface area contributed by atoms with Gasteiger partial charge in [0.1, 0.15) is 0 Å². The van der Waals surface area contributed by atoms with Crippen molar-refractivity contribution in [3.63, 3.8) is 0 Å². The van der Waals surface area contributed by atoms with E-state index in [0.717, 1.165) is 11.3 Å². The summed E-state index contributed by atoms with van der Waals surface area (Å²) in [6.07, 6.45) is 1.66. The van der Waals surface area contributed by atoms with Crippen LogP contribution in [0.25, 0.3) is 11.3 Å². The lowest BCUT2D eigenvalue weighted by molar-refractivity contribution is 0.260. The van der Waals surface area contributed by atoms with Gasteiger partial charge < -0.3 is 0 Å². The Kier molecular flexibility index (Phi) is 3.43. The molecule has 0 atom stereocenters. The monoisotopic (exact) mass is 236 g/mol. The Bertz CT molecular complexity index is 599. The summed E-state index contributed by atoms with van der Waals surface area (Å²) < 4.78 is 7.65. The third kappa shape index (κ3) is 3.28. The number of hydrogen-bond donors (Lipinski definition) is 1. The van der Waals surface area contributed by atoms with Crippen LogP contribution >= 0.6 is 0 Å². The zero-order valence-corrected chi connectivity index (χ0v) is 9.50. The fourth-order valence-electron chi connectivity index (χ4n) is 1.40. The molecule has 0 bridgehead atoms. The van der Waals surface area contributed by atoms with Gasteiger partial charge in [-0.05, 0) is 17.7 Å². The van der Waals surface area contributed by atoms with Crippen LogP contribution in [0.5, 0.6) is 0 Å². The molecule has 1 N–H and O–H groups in total. The average Bonchev–Trinajstić information content (AvgIpc) is 2.46. The molecule has 0 saturated heterocycles. The molecule has 4 nitrogen and oxygen atoms in total. The molecule has 2 radical (unpaired) electrons. The minimum Gasteiger partial charge on any atom is -0.288 e. The van der Waals surface area contributed by atoms with E-state index in [0.29, 0.717) is 5.56 Å². The predicted molar refractivity (Wildman–Crippen MR) is 71.6 cm³/mol. The maximum Gasteiger partial charge on any atom is 0.203 e. The Labute approximate surface area is 108 Å². The molecule has 2 aromatic rings. The van der Waals surface area contributed by atoms with Gasteiger partial charge >= 0.3 is 0 Å². The highest BCUT2D eigenvalue weighted by molar-refractivity contribution is 6.57. The van der Waals surface area contributed by atoms with E-state index in [9.17, 15) is 4.79 Å². The minimum atomic E-state index is -0.796. The Balaban J connectivity index is 2.19. The molecule has 1 amide bonds. The van der Waals surface area contributed by atoms with E-state index in [1.807, 2.05) is 35.8 Å². The normalized spacial score (nSPS) is 11.8. The molecule has 1 heterocycles. The van der Waals surface area contributed by atoms with Crippen molar-refractivity contribution in [2.75, 3.05) is 0 Å². The molecule has 18 heavy (non-hydrogen) atoms. The van der Waals surface area contributed by atoms with Crippen molar-refractivity contribution >= 4 is 19.8 Å². The first-order valence-electron chi connectivity index (χ1n) is 5.78. The van der Waals surface area contributed by atoms with Crippen molar-refractivity contribution in [2.45, 2.75) is 0 Å². The van der Waals surface area contributed by atoms with Gasteiger partial charge in [0.15, 0.2) is 5.81 Å². The zero-order chi connectivity index (χ0) is 13.7. The van der Waals surface area contributed by atoms with Gasteiger partial charge in [-0.2, -0.15) is 5.10 Å². The maximum atomic E-state index is 10.5. The second-order valence-electron chi connectivity index (χ2n) is 3.49. The number of hydrazone groups is 1. The first-order valence-corrected chi connectivity index (χ1v) is 5.28. The Hall–Kier alpha value is -2.43. The molecule has 0 aliphatic rings. The van der Waals surface area contributed by atoms with Gasteiger partial charge in [-0.1, -0.05) is 30.3 Å². The molecule has 0 aliphatic heterocycles. The highest BCUT2D eigenvalue weighted by Gasteiger charge is 1.97. The van der Waals surface area contributed by atoms with Gasteiger partial charge in [-0.25, -0.2) is 0 Å². The van der Waals surface area contributed by atoms with E-state index in [1.165, 1.54) is 0 Å². The Morgan fingerprint density at radius 1 is 1.33 bits per heavy atom. The van der Waals surface area contributed by atoms with Crippen molar-refractivity contribution in [1.29, 1.82) is 0 Å². The summed E-state index contributed by atoms with van der Waals surface area (Å²) in [6, 6.07) is 12.8. The van der Waals surface area contributed by atoms with Crippen LogP contribution in [-0.2, 0) is 0 Å². The molecular formula is C13H10BN3O. The SMILES string of the molecule is [2H]/C(=N\NC([B])=O)c1ccc(-c2ccccn2)cc1. The van der Waals surface area contributed by atoms with E-state index in [2.05, 4.69) is 10.1 Å². The number of amides is 1. The van der Waals surface area contributed by atoms with Crippen LogP contribution in [0.4, 0.5) is 4.79 Å². The zero-order valence-electron chi connectivity index (χ0n) is 10.5. The average molecular weight is 236 g/mol. The lowest BCUT2D eigenvalue weighted by Crippen LogP contribution is -2.14. The van der Waals surface area contributed by atoms with Crippen LogP contribution in [0, 0.1) is 0 Å². The van der Waals surface area contributed by atoms with Crippen molar-refractivity contribution in [2.24, 2.45) is 5.10 Å². The summed E-state index contributed by atoms with van der Waals surface area (Å²) in [4.78, 5) is 14.7. The van der Waals surface area contributed by atoms with E-state index in [1.54, 1.807) is 18.3 Å². The number of carbonyl (C=O) groups excluding carboxylic acids is 1. The van der Waals surface area contributed by atoms with Gasteiger partial charge in [-0.15, -0.1) is 0 Å². The van der Waals surface area contributed by atoms with Crippen LogP contribution in [0.2, 0.25) is 0 Å². The van der Waals surface area contributed by atoms with Gasteiger partial charge in [-0.3, -0.25) is 15.2 Å². The van der Waals surface area contributed by atoms with E-state index >= 15 is 0 Å². The summed E-state index contributed by atoms with van der Waals surface area (Å²) in [5.41, 5.74) is 4.39. The first kappa shape index (κ1) is 10.7. The molecule has 0 unspecified atom stereocenters. The second kappa shape index (κ2) is 5.77. The molecule has 0 saturated carbocycles. The van der Waals surface area contributed by atoms with Gasteiger partial charge in [0.25, 0.3) is 0 Å². The number of nitrogens with zero attached hydrogens (tertiary/aromatic N) is 2. The number of benzene rings is 1. The number of nitrogens with one attached hydrogen (secondary N) is 1. The van der Waals surface area contributed by atoms with Gasteiger partial charge in [0.2, 0.25) is 7.85 Å². The molecule has 2 rings (SSSR count). The quantitative estimate of drug-likeness (QED) is 0.503. The predicted octanol–water partition coefficient (Wildman–Crippen LogP) is 1.96. The molecule has 1 aromatic heterocycles. The van der Waals surface area contributed by atoms with Crippen molar-refractivity contribution in [3.8, 4) is 11.3 Å². The van der Waals surface area contributed by atoms with Crippen LogP contribution in [0.1, 0.15) is 6.93 Å². The molecule has 1 aromatic carbocycles. The standard InChI is InChI=1S/C13H10BN3O/c14-13(18)17-16-9-10-4-6-11(7-5-10)12-3-1-2-8-15-12/h1-9H,(H,17,18)/b16-9+/i9D. The third-order valence-electron chi connectivity index (χ3n) is 2.20. The van der Waals surface area contributed by atoms with Crippen LogP contribution in [0.3, 0.4) is 0 Å². The molecule has 86 valence electrons. The van der Waals surface area contributed by atoms with Crippen LogP contribution in [0.15, 0.2) is 53.8 Å². The maximum absolute atomic E-state index is 10.5. The van der Waals surface area contributed by atoms with Crippen molar-refractivity contribution < 1.29 is 6.17 Å². The fourth-order valence-corrected chi connectivity index (χ4v) is 1.40. The number of hydrogen-bond acceptors (Lipinski definition) is 3. The summed E-state index contributed by atoms with van der Waals surface area (Å²) in [5, 5.41) is 3.54. The van der Waals surface area contributed by atoms with Crippen LogP contribution < -0.4 is 5.43 Å². The van der Waals surface area contributed by atoms with Crippen molar-refractivity contribution in [3.05, 3.63) is 54.2 Å². The van der Waals surface area contributed by atoms with E-state index in [4.69, 9.17) is 9.22 Å². The Morgan fingerprint density at radius 3 is 2.72 bits per heavy atom. The summed E-state index contributed by atoms with van der Waals surface area (Å²) >= 11 is 0. The second-order valence-corrected chi connectivity index (χ2v) is 3.49. The molecule has 0 aliphatic carbocycles. The summed E-state index contributed by atoms with van der Waals surface area (Å²) in [6.45, 7) is 0. The smallest absolute Gasteiger partial charge is 0.203 e. The highest BCUT2D eigenvalue weighted by Crippen LogP contribution is 2.15. The third-order valence-corrected chi connectivity index (χ3v) is 2.20. The molecular weight excluding hydrogens is 225 g/mol. The van der Waals surface area contributed by atoms with Crippen LogP contribution in [-0.4, -0.2) is 24.8 Å². The number of pyridine rings is 1. The fraction of sp³-hybridized carbons (Fsp3) is 0. The molecule has 5 heteroatoms. The van der Waals surface area contributed by atoms with Crippen molar-refractivity contribution in [1.82, 2.24) is 10.4 Å². The van der Waals surface area contributed by atoms with E-state index in [-0.39, 0.29) is 6.19 Å². The first-order chi connectivity index (χ1) is 9.16. The largest absolute Gasteiger partial charge is 0.288 e. The number of carbonyl (C=O) groups is 1. The number of aromatic nitrogens is 1. The van der Waals surface area contributed by atoms with Gasteiger partial charge in [0, 0.05) is 11.8 Å². The van der Waals surface area contributed by atoms with Gasteiger partial charge in [0.05, 0.1) is 13.3 Å². The summed E-state index contributed by atoms with van der Waals surface area (Å²) in [5.74, 6) is -0.796. The Morgan fingerprint density at radius 2 is 2.11 bits per heavy atom. The lowest BCUT2D eigenvalue weighted by Gasteiger charge is -2.00. The molecule has 0 spiro atoms. The molecule has 0 fully saturated rings. The van der Waals surface area contributed by atoms with E-state index < -0.39 is 5.81 Å². The summed E-state index contributed by atoms with van der Waals surface area (Å²) in [7, 11) is 4.87. The lowest BCUT2D eigenvalue weighted by atomic mass is 10.1. The topological polar surface area (TPSA) is 54.4 Å².